The third-order valence-corrected chi connectivity index (χ3v) is 5.34. The normalized spacial score (nSPS) is 18.6. The number of hydrogen-bond donors (Lipinski definition) is 0. The van der Waals surface area contributed by atoms with E-state index in [0.717, 1.165) is 13.0 Å². The average molecular weight is 387 g/mol. The quantitative estimate of drug-likeness (QED) is 0.423. The molecule has 9 heteroatoms. The number of rotatable bonds is 6. The fourth-order valence-electron chi connectivity index (χ4n) is 3.53. The SMILES string of the molecule is CCC(C)[C@H]1CN(C(=O)c2cc(CC(C)C)c(C(=O)N=[N+]=[N-])nn2)CCN1C. The van der Waals surface area contributed by atoms with Crippen LogP contribution >= 0.6 is 0 Å². The van der Waals surface area contributed by atoms with E-state index >= 15 is 0 Å². The molecule has 1 aliphatic rings. The van der Waals surface area contributed by atoms with E-state index in [4.69, 9.17) is 5.53 Å². The van der Waals surface area contributed by atoms with E-state index in [2.05, 4.69) is 46.0 Å². The van der Waals surface area contributed by atoms with E-state index in [0.29, 0.717) is 37.0 Å². The van der Waals surface area contributed by atoms with Gasteiger partial charge >= 0.3 is 0 Å². The third kappa shape index (κ3) is 5.05. The second-order valence-electron chi connectivity index (χ2n) is 7.88. The molecular weight excluding hydrogens is 358 g/mol. The summed E-state index contributed by atoms with van der Waals surface area (Å²) in [4.78, 5) is 31.7. The molecule has 1 fully saturated rings. The van der Waals surface area contributed by atoms with Crippen LogP contribution in [0.1, 0.15) is 60.7 Å². The van der Waals surface area contributed by atoms with E-state index in [1.54, 1.807) is 6.07 Å². The van der Waals surface area contributed by atoms with Crippen LogP contribution in [0.25, 0.3) is 10.4 Å². The lowest BCUT2D eigenvalue weighted by molar-refractivity contribution is 0.0435. The van der Waals surface area contributed by atoms with Gasteiger partial charge in [0, 0.05) is 30.6 Å². The number of azide groups is 1. The first-order chi connectivity index (χ1) is 13.3. The topological polar surface area (TPSA) is 115 Å². The molecule has 0 aliphatic carbocycles. The molecule has 0 spiro atoms. The van der Waals surface area contributed by atoms with E-state index in [-0.39, 0.29) is 23.2 Å². The molecule has 1 unspecified atom stereocenters. The summed E-state index contributed by atoms with van der Waals surface area (Å²) < 4.78 is 0. The smallest absolute Gasteiger partial charge is 0.274 e. The number of piperazine rings is 1. The lowest BCUT2D eigenvalue weighted by Crippen LogP contribution is -2.55. The van der Waals surface area contributed by atoms with Crippen LogP contribution < -0.4 is 0 Å². The van der Waals surface area contributed by atoms with Crippen LogP contribution in [0.3, 0.4) is 0 Å². The summed E-state index contributed by atoms with van der Waals surface area (Å²) in [6, 6.07) is 1.92. The second kappa shape index (κ2) is 9.61. The number of nitrogens with zero attached hydrogens (tertiary/aromatic N) is 7. The summed E-state index contributed by atoms with van der Waals surface area (Å²) in [6.45, 7) is 10.4. The van der Waals surface area contributed by atoms with Gasteiger partial charge in [0.05, 0.1) is 0 Å². The molecule has 1 saturated heterocycles. The molecule has 152 valence electrons. The van der Waals surface area contributed by atoms with Gasteiger partial charge in [-0.2, -0.15) is 0 Å². The Labute approximate surface area is 165 Å². The average Bonchev–Trinajstić information content (AvgIpc) is 2.66. The van der Waals surface area contributed by atoms with E-state index in [1.807, 2.05) is 18.7 Å². The van der Waals surface area contributed by atoms with E-state index in [9.17, 15) is 9.59 Å². The van der Waals surface area contributed by atoms with Crippen molar-refractivity contribution in [3.63, 3.8) is 0 Å². The van der Waals surface area contributed by atoms with Crippen LogP contribution in [-0.4, -0.2) is 64.5 Å². The molecular formula is C19H29N7O2. The Balaban J connectivity index is 2.29. The zero-order valence-corrected chi connectivity index (χ0v) is 17.3. The van der Waals surface area contributed by atoms with Crippen molar-refractivity contribution in [3.05, 3.63) is 33.5 Å². The van der Waals surface area contributed by atoms with Crippen molar-refractivity contribution in [1.82, 2.24) is 20.0 Å². The van der Waals surface area contributed by atoms with Gasteiger partial charge < -0.3 is 4.90 Å². The van der Waals surface area contributed by atoms with Gasteiger partial charge in [-0.15, -0.1) is 10.2 Å². The van der Waals surface area contributed by atoms with Crippen LogP contribution in [0, 0.1) is 11.8 Å². The highest BCUT2D eigenvalue weighted by Gasteiger charge is 2.31. The zero-order valence-electron chi connectivity index (χ0n) is 17.3. The van der Waals surface area contributed by atoms with Crippen LogP contribution in [0.4, 0.5) is 0 Å². The molecule has 9 nitrogen and oxygen atoms in total. The van der Waals surface area contributed by atoms with Crippen LogP contribution in [0.15, 0.2) is 11.2 Å². The highest BCUT2D eigenvalue weighted by molar-refractivity contribution is 5.96. The number of amides is 2. The molecule has 0 bridgehead atoms. The molecule has 2 amide bonds. The van der Waals surface area contributed by atoms with Crippen LogP contribution in [0.5, 0.6) is 0 Å². The molecule has 0 saturated carbocycles. The van der Waals surface area contributed by atoms with Crippen molar-refractivity contribution in [2.75, 3.05) is 26.7 Å². The van der Waals surface area contributed by atoms with Crippen molar-refractivity contribution >= 4 is 11.8 Å². The van der Waals surface area contributed by atoms with Gasteiger partial charge in [-0.05, 0) is 47.6 Å². The molecule has 0 radical (unpaired) electrons. The maximum atomic E-state index is 13.0. The van der Waals surface area contributed by atoms with Crippen molar-refractivity contribution in [1.29, 1.82) is 0 Å². The van der Waals surface area contributed by atoms with Crippen molar-refractivity contribution in [3.8, 4) is 0 Å². The van der Waals surface area contributed by atoms with Crippen LogP contribution in [-0.2, 0) is 6.42 Å². The molecule has 0 N–H and O–H groups in total. The van der Waals surface area contributed by atoms with Gasteiger partial charge in [0.2, 0.25) is 0 Å². The molecule has 2 rings (SSSR count). The fourth-order valence-corrected chi connectivity index (χ4v) is 3.53. The highest BCUT2D eigenvalue weighted by Crippen LogP contribution is 2.21. The predicted molar refractivity (Wildman–Crippen MR) is 106 cm³/mol. The first kappa shape index (κ1) is 21.8. The van der Waals surface area contributed by atoms with E-state index < -0.39 is 5.91 Å². The standard InChI is InChI=1S/C19H29N7O2/c1-6-13(4)16-11-26(8-7-25(16)5)19(28)15-10-14(9-12(2)3)17(22-21-15)18(27)23-24-20/h10,12-13,16H,6-9,11H2,1-5H3/t13?,16-/m1/s1. The second-order valence-corrected chi connectivity index (χ2v) is 7.88. The summed E-state index contributed by atoms with van der Waals surface area (Å²) in [5.41, 5.74) is 9.34. The Morgan fingerprint density at radius 2 is 2.04 bits per heavy atom. The number of hydrogen-bond acceptors (Lipinski definition) is 5. The summed E-state index contributed by atoms with van der Waals surface area (Å²) in [5, 5.41) is 11.0. The molecule has 1 aromatic rings. The van der Waals surface area contributed by atoms with Gasteiger partial charge in [-0.3, -0.25) is 14.5 Å². The summed E-state index contributed by atoms with van der Waals surface area (Å²) in [5.74, 6) is -0.238. The lowest BCUT2D eigenvalue weighted by atomic mass is 9.95. The van der Waals surface area contributed by atoms with Crippen molar-refractivity contribution < 1.29 is 9.59 Å². The third-order valence-electron chi connectivity index (χ3n) is 5.34. The minimum atomic E-state index is -0.777. The van der Waals surface area contributed by atoms with E-state index in [1.165, 1.54) is 0 Å². The highest BCUT2D eigenvalue weighted by atomic mass is 16.2. The number of carbonyl (C=O) groups is 2. The summed E-state index contributed by atoms with van der Waals surface area (Å²) in [6.07, 6.45) is 1.58. The van der Waals surface area contributed by atoms with Gasteiger partial charge in [0.15, 0.2) is 5.69 Å². The Hall–Kier alpha value is -2.51. The maximum Gasteiger partial charge on any atom is 0.274 e. The number of aromatic nitrogens is 2. The Bertz CT molecular complexity index is 770. The van der Waals surface area contributed by atoms with Crippen molar-refractivity contribution in [2.45, 2.75) is 46.6 Å². The van der Waals surface area contributed by atoms with Gasteiger partial charge in [-0.25, -0.2) is 0 Å². The molecule has 1 aromatic heterocycles. The number of carbonyl (C=O) groups excluding carboxylic acids is 2. The first-order valence-electron chi connectivity index (χ1n) is 9.73. The largest absolute Gasteiger partial charge is 0.334 e. The Morgan fingerprint density at radius 1 is 1.32 bits per heavy atom. The Kier molecular flexibility index (Phi) is 7.48. The molecule has 0 aromatic carbocycles. The number of likely N-dealkylation sites (N-methyl/N-ethyl adjacent to an activating group) is 1. The molecule has 2 atom stereocenters. The summed E-state index contributed by atoms with van der Waals surface area (Å²) in [7, 11) is 2.09. The van der Waals surface area contributed by atoms with Gasteiger partial charge in [0.25, 0.3) is 11.8 Å². The predicted octanol–water partition coefficient (Wildman–Crippen LogP) is 2.93. The minimum Gasteiger partial charge on any atom is -0.334 e. The monoisotopic (exact) mass is 387 g/mol. The van der Waals surface area contributed by atoms with Gasteiger partial charge in [0.1, 0.15) is 5.69 Å². The van der Waals surface area contributed by atoms with Crippen LogP contribution in [0.2, 0.25) is 0 Å². The lowest BCUT2D eigenvalue weighted by Gasteiger charge is -2.42. The molecule has 2 heterocycles. The zero-order chi connectivity index (χ0) is 20.8. The molecule has 28 heavy (non-hydrogen) atoms. The van der Waals surface area contributed by atoms with Crippen molar-refractivity contribution in [2.24, 2.45) is 17.0 Å². The molecule has 1 aliphatic heterocycles. The summed E-state index contributed by atoms with van der Waals surface area (Å²) >= 11 is 0. The Morgan fingerprint density at radius 3 is 2.64 bits per heavy atom. The fraction of sp³-hybridized carbons (Fsp3) is 0.684. The minimum absolute atomic E-state index is 0.0129. The first-order valence-corrected chi connectivity index (χ1v) is 9.73. The van der Waals surface area contributed by atoms with Gasteiger partial charge in [-0.1, -0.05) is 34.1 Å². The maximum absolute atomic E-state index is 13.0.